The predicted octanol–water partition coefficient (Wildman–Crippen LogP) is 4.59. The molecular weight excluding hydrogens is 374 g/mol. The Morgan fingerprint density at radius 3 is 2.58 bits per heavy atom. The Morgan fingerprint density at radius 1 is 1.12 bits per heavy atom. The quantitative estimate of drug-likeness (QED) is 0.700. The van der Waals surface area contributed by atoms with Crippen molar-refractivity contribution in [3.8, 4) is 11.5 Å². The molecule has 1 fully saturated rings. The molecule has 134 valence electrons. The molecule has 1 aliphatic rings. The minimum absolute atomic E-state index is 0.140. The maximum absolute atomic E-state index is 12.7. The molecule has 0 atom stereocenters. The lowest BCUT2D eigenvalue weighted by atomic mass is 10.1. The molecule has 2 amide bonds. The monoisotopic (exact) mass is 389 g/mol. The molecule has 0 radical (unpaired) electrons. The number of ether oxygens (including phenoxy) is 2. The zero-order chi connectivity index (χ0) is 18.7. The maximum atomic E-state index is 12.7. The van der Waals surface area contributed by atoms with Crippen LogP contribution in [-0.4, -0.2) is 30.3 Å². The molecule has 5 nitrogen and oxygen atoms in total. The van der Waals surface area contributed by atoms with Gasteiger partial charge in [0.05, 0.1) is 25.7 Å². The van der Waals surface area contributed by atoms with Crippen LogP contribution in [0, 0.1) is 0 Å². The number of methoxy groups -OCH3 is 2. The van der Waals surface area contributed by atoms with Gasteiger partial charge in [0.15, 0.2) is 0 Å². The summed E-state index contributed by atoms with van der Waals surface area (Å²) in [6, 6.07) is 12.4. The third-order valence-corrected chi connectivity index (χ3v) is 5.16. The summed E-state index contributed by atoms with van der Waals surface area (Å²) >= 11 is 7.03. The van der Waals surface area contributed by atoms with E-state index in [1.807, 2.05) is 6.07 Å². The highest BCUT2D eigenvalue weighted by atomic mass is 35.5. The van der Waals surface area contributed by atoms with Gasteiger partial charge in [-0.1, -0.05) is 29.8 Å². The van der Waals surface area contributed by atoms with E-state index in [0.717, 1.165) is 17.3 Å². The van der Waals surface area contributed by atoms with Crippen molar-refractivity contribution in [1.29, 1.82) is 0 Å². The van der Waals surface area contributed by atoms with E-state index in [1.54, 1.807) is 49.6 Å². The van der Waals surface area contributed by atoms with Crippen LogP contribution < -0.4 is 9.47 Å². The van der Waals surface area contributed by atoms with Gasteiger partial charge < -0.3 is 9.47 Å². The average Bonchev–Trinajstić information content (AvgIpc) is 2.91. The van der Waals surface area contributed by atoms with E-state index >= 15 is 0 Å². The summed E-state index contributed by atoms with van der Waals surface area (Å²) in [5.74, 6) is 0.853. The molecule has 0 aromatic heterocycles. The molecule has 0 bridgehead atoms. The number of thioether (sulfide) groups is 1. The second kappa shape index (κ2) is 7.85. The average molecular weight is 390 g/mol. The zero-order valence-corrected chi connectivity index (χ0v) is 15.8. The largest absolute Gasteiger partial charge is 0.497 e. The van der Waals surface area contributed by atoms with E-state index in [-0.39, 0.29) is 17.7 Å². The van der Waals surface area contributed by atoms with Gasteiger partial charge in [0.25, 0.3) is 11.1 Å². The minimum atomic E-state index is -0.349. The Morgan fingerprint density at radius 2 is 1.88 bits per heavy atom. The Labute approximate surface area is 160 Å². The van der Waals surface area contributed by atoms with Crippen LogP contribution in [0.15, 0.2) is 47.4 Å². The first kappa shape index (κ1) is 18.4. The number of nitrogens with zero attached hydrogens (tertiary/aromatic N) is 1. The first-order chi connectivity index (χ1) is 12.5. The summed E-state index contributed by atoms with van der Waals surface area (Å²) in [5, 5.41) is 0.195. The number of rotatable bonds is 5. The molecule has 0 spiro atoms. The summed E-state index contributed by atoms with van der Waals surface area (Å²) < 4.78 is 10.5. The SMILES string of the molecule is COc1ccc(/C=C2/SC(=O)N(Cc3ccccc3Cl)C2=O)c(OC)c1. The van der Waals surface area contributed by atoms with Crippen molar-refractivity contribution in [2.24, 2.45) is 0 Å². The molecule has 3 rings (SSSR count). The van der Waals surface area contributed by atoms with Gasteiger partial charge >= 0.3 is 0 Å². The van der Waals surface area contributed by atoms with Crippen LogP contribution in [-0.2, 0) is 11.3 Å². The fourth-order valence-corrected chi connectivity index (χ4v) is 3.54. The van der Waals surface area contributed by atoms with Gasteiger partial charge in [0, 0.05) is 16.7 Å². The Kier molecular flexibility index (Phi) is 5.54. The molecule has 0 saturated carbocycles. The van der Waals surface area contributed by atoms with E-state index in [0.29, 0.717) is 27.0 Å². The van der Waals surface area contributed by atoms with Crippen LogP contribution in [0.3, 0.4) is 0 Å². The first-order valence-corrected chi connectivity index (χ1v) is 8.93. The summed E-state index contributed by atoms with van der Waals surface area (Å²) in [5.41, 5.74) is 1.41. The predicted molar refractivity (Wildman–Crippen MR) is 103 cm³/mol. The highest BCUT2D eigenvalue weighted by Gasteiger charge is 2.35. The molecule has 2 aromatic carbocycles. The third-order valence-electron chi connectivity index (χ3n) is 3.89. The van der Waals surface area contributed by atoms with Crippen molar-refractivity contribution in [3.63, 3.8) is 0 Å². The lowest BCUT2D eigenvalue weighted by Gasteiger charge is -2.13. The Hall–Kier alpha value is -2.44. The van der Waals surface area contributed by atoms with Crippen molar-refractivity contribution >= 4 is 40.6 Å². The molecule has 7 heteroatoms. The van der Waals surface area contributed by atoms with E-state index in [1.165, 1.54) is 12.0 Å². The maximum Gasteiger partial charge on any atom is 0.293 e. The summed E-state index contributed by atoms with van der Waals surface area (Å²) in [7, 11) is 3.10. The molecule has 1 saturated heterocycles. The second-order valence-electron chi connectivity index (χ2n) is 5.47. The molecule has 0 aliphatic carbocycles. The number of benzene rings is 2. The number of hydrogen-bond donors (Lipinski definition) is 0. The summed E-state index contributed by atoms with van der Waals surface area (Å²) in [6.07, 6.45) is 1.65. The van der Waals surface area contributed by atoms with E-state index < -0.39 is 0 Å². The number of halogens is 1. The Bertz CT molecular complexity index is 897. The zero-order valence-electron chi connectivity index (χ0n) is 14.2. The number of carbonyl (C=O) groups excluding carboxylic acids is 2. The van der Waals surface area contributed by atoms with Crippen LogP contribution >= 0.6 is 23.4 Å². The molecule has 26 heavy (non-hydrogen) atoms. The van der Waals surface area contributed by atoms with Crippen molar-refractivity contribution in [1.82, 2.24) is 4.90 Å². The normalized spacial score (nSPS) is 15.7. The second-order valence-corrected chi connectivity index (χ2v) is 6.87. The molecule has 0 N–H and O–H groups in total. The topological polar surface area (TPSA) is 55.8 Å². The van der Waals surface area contributed by atoms with Crippen molar-refractivity contribution < 1.29 is 19.1 Å². The standard InChI is InChI=1S/C19H16ClNO4S/c1-24-14-8-7-12(16(10-14)25-2)9-17-18(22)21(19(23)26-17)11-13-5-3-4-6-15(13)20/h3-10H,11H2,1-2H3/b17-9+. The lowest BCUT2D eigenvalue weighted by molar-refractivity contribution is -0.123. The Balaban J connectivity index is 1.87. The summed E-state index contributed by atoms with van der Waals surface area (Å²) in [6.45, 7) is 0.140. The number of hydrogen-bond acceptors (Lipinski definition) is 5. The lowest BCUT2D eigenvalue weighted by Crippen LogP contribution is -2.27. The van der Waals surface area contributed by atoms with E-state index in [9.17, 15) is 9.59 Å². The van der Waals surface area contributed by atoms with E-state index in [2.05, 4.69) is 0 Å². The molecule has 0 unspecified atom stereocenters. The fourth-order valence-electron chi connectivity index (χ4n) is 2.51. The van der Waals surface area contributed by atoms with Crippen molar-refractivity contribution in [2.75, 3.05) is 14.2 Å². The van der Waals surface area contributed by atoms with E-state index in [4.69, 9.17) is 21.1 Å². The third kappa shape index (κ3) is 3.71. The van der Waals surface area contributed by atoms with Crippen molar-refractivity contribution in [2.45, 2.75) is 6.54 Å². The smallest absolute Gasteiger partial charge is 0.293 e. The minimum Gasteiger partial charge on any atom is -0.497 e. The number of imide groups is 1. The van der Waals surface area contributed by atoms with Gasteiger partial charge in [-0.25, -0.2) is 0 Å². The first-order valence-electron chi connectivity index (χ1n) is 7.74. The number of amides is 2. The van der Waals surface area contributed by atoms with Crippen LogP contribution in [0.1, 0.15) is 11.1 Å². The highest BCUT2D eigenvalue weighted by Crippen LogP contribution is 2.36. The van der Waals surface area contributed by atoms with Gasteiger partial charge in [-0.2, -0.15) is 0 Å². The van der Waals surface area contributed by atoms with Gasteiger partial charge in [0.1, 0.15) is 11.5 Å². The molecular formula is C19H16ClNO4S. The van der Waals surface area contributed by atoms with Gasteiger partial charge in [0.2, 0.25) is 0 Å². The van der Waals surface area contributed by atoms with Crippen LogP contribution in [0.2, 0.25) is 5.02 Å². The number of carbonyl (C=O) groups is 2. The fraction of sp³-hybridized carbons (Fsp3) is 0.158. The van der Waals surface area contributed by atoms with Crippen molar-refractivity contribution in [3.05, 3.63) is 63.5 Å². The van der Waals surface area contributed by atoms with Crippen LogP contribution in [0.25, 0.3) is 6.08 Å². The van der Waals surface area contributed by atoms with Gasteiger partial charge in [-0.05, 0) is 41.6 Å². The molecule has 2 aromatic rings. The highest BCUT2D eigenvalue weighted by molar-refractivity contribution is 8.18. The molecule has 1 aliphatic heterocycles. The van der Waals surface area contributed by atoms with Gasteiger partial charge in [-0.3, -0.25) is 14.5 Å². The van der Waals surface area contributed by atoms with Crippen LogP contribution in [0.4, 0.5) is 4.79 Å². The van der Waals surface area contributed by atoms with Gasteiger partial charge in [-0.15, -0.1) is 0 Å². The molecule has 1 heterocycles. The summed E-state index contributed by atoms with van der Waals surface area (Å²) in [4.78, 5) is 26.5. The van der Waals surface area contributed by atoms with Crippen LogP contribution in [0.5, 0.6) is 11.5 Å².